The van der Waals surface area contributed by atoms with Gasteiger partial charge in [-0.25, -0.2) is 4.79 Å². The molecular weight excluding hydrogens is 251 g/mol. The molecule has 0 atom stereocenters. The summed E-state index contributed by atoms with van der Waals surface area (Å²) in [4.78, 5) is 11.2. The van der Waals surface area contributed by atoms with E-state index in [-0.39, 0.29) is 11.3 Å². The summed E-state index contributed by atoms with van der Waals surface area (Å²) in [5.41, 5.74) is -2.23. The first-order valence-electron chi connectivity index (χ1n) is 4.62. The van der Waals surface area contributed by atoms with Crippen LogP contribution in [0.5, 0.6) is 5.75 Å². The second-order valence-corrected chi connectivity index (χ2v) is 3.20. The number of benzene rings is 1. The molecule has 0 aromatic heterocycles. The lowest BCUT2D eigenvalue weighted by molar-refractivity contribution is -0.137. The molecule has 1 rings (SSSR count). The van der Waals surface area contributed by atoms with Crippen LogP contribution in [0.2, 0.25) is 0 Å². The molecule has 0 heterocycles. The van der Waals surface area contributed by atoms with Crippen LogP contribution in [0.1, 0.15) is 21.5 Å². The maximum atomic E-state index is 12.7. The number of nitriles is 1. The second kappa shape index (κ2) is 4.96. The van der Waals surface area contributed by atoms with Gasteiger partial charge in [0.15, 0.2) is 0 Å². The molecule has 0 aliphatic rings. The largest absolute Gasteiger partial charge is 0.495 e. The van der Waals surface area contributed by atoms with Gasteiger partial charge in [-0.2, -0.15) is 18.4 Å². The zero-order valence-corrected chi connectivity index (χ0v) is 9.46. The summed E-state index contributed by atoms with van der Waals surface area (Å²) >= 11 is 0. The minimum atomic E-state index is -4.76. The van der Waals surface area contributed by atoms with E-state index in [9.17, 15) is 18.0 Å². The monoisotopic (exact) mass is 259 g/mol. The Labute approximate surface area is 101 Å². The van der Waals surface area contributed by atoms with Crippen LogP contribution in [0.4, 0.5) is 13.2 Å². The molecule has 0 N–H and O–H groups in total. The SMILES string of the molecule is COC(=O)c1cc(OC)c(C#N)c(C(F)(F)F)c1. The minimum absolute atomic E-state index is 0.326. The van der Waals surface area contributed by atoms with Gasteiger partial charge in [0.25, 0.3) is 0 Å². The van der Waals surface area contributed by atoms with Gasteiger partial charge < -0.3 is 9.47 Å². The maximum Gasteiger partial charge on any atom is 0.417 e. The highest BCUT2D eigenvalue weighted by Gasteiger charge is 2.36. The summed E-state index contributed by atoms with van der Waals surface area (Å²) < 4.78 is 47.2. The molecule has 4 nitrogen and oxygen atoms in total. The molecule has 0 spiro atoms. The number of ether oxygens (including phenoxy) is 2. The summed E-state index contributed by atoms with van der Waals surface area (Å²) in [6.07, 6.45) is -4.76. The Morgan fingerprint density at radius 3 is 2.33 bits per heavy atom. The molecule has 18 heavy (non-hydrogen) atoms. The van der Waals surface area contributed by atoms with Gasteiger partial charge in [-0.3, -0.25) is 0 Å². The number of hydrogen-bond acceptors (Lipinski definition) is 4. The van der Waals surface area contributed by atoms with Crippen molar-refractivity contribution in [2.75, 3.05) is 14.2 Å². The first kappa shape index (κ1) is 13.8. The molecule has 0 unspecified atom stereocenters. The first-order valence-corrected chi connectivity index (χ1v) is 4.62. The van der Waals surface area contributed by atoms with E-state index in [1.165, 1.54) is 6.07 Å². The summed E-state index contributed by atoms with van der Waals surface area (Å²) in [6, 6.07) is 3.00. The lowest BCUT2D eigenvalue weighted by atomic mass is 10.0. The molecule has 96 valence electrons. The van der Waals surface area contributed by atoms with Crippen LogP contribution in [-0.4, -0.2) is 20.2 Å². The number of nitrogens with zero attached hydrogens (tertiary/aromatic N) is 1. The van der Waals surface area contributed by atoms with Crippen LogP contribution < -0.4 is 4.74 Å². The average molecular weight is 259 g/mol. The summed E-state index contributed by atoms with van der Waals surface area (Å²) in [6.45, 7) is 0. The smallest absolute Gasteiger partial charge is 0.417 e. The van der Waals surface area contributed by atoms with Gasteiger partial charge in [-0.05, 0) is 12.1 Å². The molecular formula is C11H8F3NO3. The number of hydrogen-bond donors (Lipinski definition) is 0. The van der Waals surface area contributed by atoms with Crippen molar-refractivity contribution in [3.05, 3.63) is 28.8 Å². The zero-order valence-electron chi connectivity index (χ0n) is 9.46. The van der Waals surface area contributed by atoms with Crippen LogP contribution in [-0.2, 0) is 10.9 Å². The summed E-state index contributed by atoms with van der Waals surface area (Å²) in [5, 5.41) is 8.73. The molecule has 1 aromatic carbocycles. The van der Waals surface area contributed by atoms with E-state index in [0.29, 0.717) is 6.07 Å². The van der Waals surface area contributed by atoms with Gasteiger partial charge in [0, 0.05) is 0 Å². The fourth-order valence-corrected chi connectivity index (χ4v) is 1.35. The van der Waals surface area contributed by atoms with Gasteiger partial charge in [-0.1, -0.05) is 0 Å². The summed E-state index contributed by atoms with van der Waals surface area (Å²) in [5.74, 6) is -1.27. The Kier molecular flexibility index (Phi) is 3.81. The van der Waals surface area contributed by atoms with Crippen LogP contribution >= 0.6 is 0 Å². The fraction of sp³-hybridized carbons (Fsp3) is 0.273. The molecule has 0 amide bonds. The topological polar surface area (TPSA) is 59.3 Å². The zero-order chi connectivity index (χ0) is 13.9. The lowest BCUT2D eigenvalue weighted by Gasteiger charge is -2.13. The van der Waals surface area contributed by atoms with Crippen molar-refractivity contribution in [2.45, 2.75) is 6.18 Å². The molecule has 1 aromatic rings. The molecule has 0 aliphatic heterocycles. The van der Waals surface area contributed by atoms with Crippen molar-refractivity contribution >= 4 is 5.97 Å². The highest BCUT2D eigenvalue weighted by molar-refractivity contribution is 5.90. The lowest BCUT2D eigenvalue weighted by Crippen LogP contribution is -2.12. The highest BCUT2D eigenvalue weighted by atomic mass is 19.4. The number of carbonyl (C=O) groups is 1. The van der Waals surface area contributed by atoms with Crippen molar-refractivity contribution in [3.8, 4) is 11.8 Å². The van der Waals surface area contributed by atoms with Crippen LogP contribution in [0.3, 0.4) is 0 Å². The third-order valence-corrected chi connectivity index (χ3v) is 2.16. The fourth-order valence-electron chi connectivity index (χ4n) is 1.35. The predicted molar refractivity (Wildman–Crippen MR) is 54.1 cm³/mol. The Morgan fingerprint density at radius 1 is 1.33 bits per heavy atom. The molecule has 7 heteroatoms. The van der Waals surface area contributed by atoms with Crippen molar-refractivity contribution in [1.82, 2.24) is 0 Å². The third kappa shape index (κ3) is 2.53. The van der Waals surface area contributed by atoms with Crippen LogP contribution in [0.15, 0.2) is 12.1 Å². The standard InChI is InChI=1S/C11H8F3NO3/c1-17-9-4-6(10(16)18-2)3-8(7(9)5-15)11(12,13)14/h3-4H,1-2H3. The number of rotatable bonds is 2. The van der Waals surface area contributed by atoms with Gasteiger partial charge in [0.2, 0.25) is 0 Å². The van der Waals surface area contributed by atoms with Gasteiger partial charge >= 0.3 is 12.1 Å². The molecule has 0 fully saturated rings. The molecule has 0 saturated heterocycles. The van der Waals surface area contributed by atoms with Crippen molar-refractivity contribution < 1.29 is 27.4 Å². The van der Waals surface area contributed by atoms with Gasteiger partial charge in [0.1, 0.15) is 17.4 Å². The van der Waals surface area contributed by atoms with E-state index < -0.39 is 23.3 Å². The normalized spacial score (nSPS) is 10.7. The maximum absolute atomic E-state index is 12.7. The molecule has 0 saturated carbocycles. The van der Waals surface area contributed by atoms with Gasteiger partial charge in [-0.15, -0.1) is 0 Å². The molecule has 0 aliphatic carbocycles. The number of esters is 1. The Balaban J connectivity index is 3.57. The Bertz CT molecular complexity index is 517. The van der Waals surface area contributed by atoms with E-state index in [0.717, 1.165) is 20.3 Å². The van der Waals surface area contributed by atoms with E-state index >= 15 is 0 Å². The van der Waals surface area contributed by atoms with Crippen LogP contribution in [0.25, 0.3) is 0 Å². The summed E-state index contributed by atoms with van der Waals surface area (Å²) in [7, 11) is 2.15. The van der Waals surface area contributed by atoms with E-state index in [1.807, 2.05) is 0 Å². The third-order valence-electron chi connectivity index (χ3n) is 2.16. The Hall–Kier alpha value is -2.23. The van der Waals surface area contributed by atoms with Crippen molar-refractivity contribution in [1.29, 1.82) is 5.26 Å². The molecule has 0 radical (unpaired) electrons. The van der Waals surface area contributed by atoms with E-state index in [2.05, 4.69) is 9.47 Å². The Morgan fingerprint density at radius 2 is 1.94 bits per heavy atom. The van der Waals surface area contributed by atoms with Crippen molar-refractivity contribution in [3.63, 3.8) is 0 Å². The quantitative estimate of drug-likeness (QED) is 0.765. The average Bonchev–Trinajstić information content (AvgIpc) is 2.34. The number of halogens is 3. The molecule has 0 bridgehead atoms. The highest BCUT2D eigenvalue weighted by Crippen LogP contribution is 2.36. The number of methoxy groups -OCH3 is 2. The number of carbonyl (C=O) groups excluding carboxylic acids is 1. The van der Waals surface area contributed by atoms with E-state index in [1.54, 1.807) is 0 Å². The van der Waals surface area contributed by atoms with E-state index in [4.69, 9.17) is 5.26 Å². The van der Waals surface area contributed by atoms with Crippen LogP contribution in [0, 0.1) is 11.3 Å². The van der Waals surface area contributed by atoms with Gasteiger partial charge in [0.05, 0.1) is 25.3 Å². The minimum Gasteiger partial charge on any atom is -0.495 e. The van der Waals surface area contributed by atoms with Crippen molar-refractivity contribution in [2.24, 2.45) is 0 Å². The predicted octanol–water partition coefficient (Wildman–Crippen LogP) is 2.37. The number of alkyl halides is 3. The first-order chi connectivity index (χ1) is 8.35. The second-order valence-electron chi connectivity index (χ2n) is 3.20.